The van der Waals surface area contributed by atoms with Gasteiger partial charge in [0.15, 0.2) is 0 Å². The van der Waals surface area contributed by atoms with Crippen molar-refractivity contribution in [1.82, 2.24) is 10.2 Å². The van der Waals surface area contributed by atoms with E-state index in [2.05, 4.69) is 10.2 Å². The van der Waals surface area contributed by atoms with Crippen molar-refractivity contribution in [3.05, 3.63) is 11.3 Å². The van der Waals surface area contributed by atoms with Crippen molar-refractivity contribution in [1.29, 1.82) is 0 Å². The maximum absolute atomic E-state index is 12.6. The van der Waals surface area contributed by atoms with E-state index in [-0.39, 0.29) is 16.6 Å². The number of H-pyrrole nitrogens is 1. The Morgan fingerprint density at radius 1 is 1.43 bits per heavy atom. The molecule has 0 spiro atoms. The number of aromatic amines is 1. The average molecular weight is 222 g/mol. The van der Waals surface area contributed by atoms with Crippen molar-refractivity contribution in [2.75, 3.05) is 6.26 Å². The van der Waals surface area contributed by atoms with Gasteiger partial charge in [0.25, 0.3) is 0 Å². The van der Waals surface area contributed by atoms with E-state index in [4.69, 9.17) is 0 Å². The summed E-state index contributed by atoms with van der Waals surface area (Å²) in [7, 11) is 0. The second kappa shape index (κ2) is 3.18. The van der Waals surface area contributed by atoms with Crippen LogP contribution in [0.1, 0.15) is 30.0 Å². The highest BCUT2D eigenvalue weighted by atomic mass is 32.2. The van der Waals surface area contributed by atoms with E-state index in [1.807, 2.05) is 0 Å². The summed E-state index contributed by atoms with van der Waals surface area (Å²) in [6.07, 6.45) is -1.02. The Balaban J connectivity index is 2.45. The maximum atomic E-state index is 12.6. The van der Waals surface area contributed by atoms with Gasteiger partial charge in [-0.15, -0.1) is 11.8 Å². The number of hydrogen-bond donors (Lipinski definition) is 1. The topological polar surface area (TPSA) is 28.7 Å². The van der Waals surface area contributed by atoms with Gasteiger partial charge in [0.05, 0.1) is 5.69 Å². The van der Waals surface area contributed by atoms with Crippen molar-refractivity contribution in [3.8, 4) is 0 Å². The van der Waals surface area contributed by atoms with Crippen LogP contribution in [-0.4, -0.2) is 16.5 Å². The highest BCUT2D eigenvalue weighted by molar-refractivity contribution is 7.98. The Labute approximate surface area is 83.3 Å². The van der Waals surface area contributed by atoms with Crippen LogP contribution in [0.4, 0.5) is 13.2 Å². The first-order valence-corrected chi connectivity index (χ1v) is 5.46. The average Bonchev–Trinajstić information content (AvgIpc) is 2.82. The zero-order valence-electron chi connectivity index (χ0n) is 7.48. The highest BCUT2D eigenvalue weighted by Gasteiger charge is 2.42. The minimum absolute atomic E-state index is 0.0417. The summed E-state index contributed by atoms with van der Waals surface area (Å²) in [5.41, 5.74) is -0.297. The maximum Gasteiger partial charge on any atom is 0.420 e. The first kappa shape index (κ1) is 9.89. The molecule has 1 N–H and O–H groups in total. The van der Waals surface area contributed by atoms with Gasteiger partial charge in [-0.25, -0.2) is 0 Å². The number of aromatic nitrogens is 2. The molecule has 0 bridgehead atoms. The molecule has 14 heavy (non-hydrogen) atoms. The Bertz CT molecular complexity index is 341. The first-order valence-electron chi connectivity index (χ1n) is 4.23. The number of nitrogens with zero attached hydrogens (tertiary/aromatic N) is 1. The van der Waals surface area contributed by atoms with Gasteiger partial charge in [-0.1, -0.05) is 0 Å². The standard InChI is InChI=1S/C8H9F3N2S/c1-14-7-5(8(9,10)11)6(12-13-7)4-2-3-4/h4H,2-3H2,1H3,(H,12,13). The van der Waals surface area contributed by atoms with E-state index in [1.165, 1.54) is 0 Å². The molecule has 1 aliphatic rings. The lowest BCUT2D eigenvalue weighted by molar-refractivity contribution is -0.140. The fourth-order valence-corrected chi connectivity index (χ4v) is 1.99. The van der Waals surface area contributed by atoms with Crippen LogP contribution >= 0.6 is 11.8 Å². The molecule has 1 aromatic rings. The zero-order chi connectivity index (χ0) is 10.3. The molecule has 2 rings (SSSR count). The van der Waals surface area contributed by atoms with E-state index in [0.717, 1.165) is 24.6 Å². The first-order chi connectivity index (χ1) is 6.54. The number of alkyl halides is 3. The fourth-order valence-electron chi connectivity index (χ4n) is 1.43. The second-order valence-corrected chi connectivity index (χ2v) is 4.09. The summed E-state index contributed by atoms with van der Waals surface area (Å²) in [6, 6.07) is 0. The fraction of sp³-hybridized carbons (Fsp3) is 0.625. The summed E-state index contributed by atoms with van der Waals surface area (Å²) in [5, 5.41) is 6.24. The summed E-state index contributed by atoms with van der Waals surface area (Å²) < 4.78 is 37.9. The van der Waals surface area contributed by atoms with Crippen molar-refractivity contribution < 1.29 is 13.2 Å². The molecule has 2 nitrogen and oxygen atoms in total. The third-order valence-electron chi connectivity index (χ3n) is 2.22. The normalized spacial score (nSPS) is 17.4. The minimum atomic E-state index is -4.29. The summed E-state index contributed by atoms with van der Waals surface area (Å²) in [6.45, 7) is 0. The summed E-state index contributed by atoms with van der Waals surface area (Å²) >= 11 is 1.03. The molecule has 0 aliphatic heterocycles. The van der Waals surface area contributed by atoms with Crippen molar-refractivity contribution >= 4 is 11.8 Å². The van der Waals surface area contributed by atoms with E-state index in [0.29, 0.717) is 0 Å². The molecule has 78 valence electrons. The third-order valence-corrected chi connectivity index (χ3v) is 2.91. The number of rotatable bonds is 2. The molecule has 1 aliphatic carbocycles. The van der Waals surface area contributed by atoms with Crippen LogP contribution in [-0.2, 0) is 6.18 Å². The predicted octanol–water partition coefficient (Wildman–Crippen LogP) is 3.03. The molecule has 1 fully saturated rings. The number of thioether (sulfide) groups is 1. The largest absolute Gasteiger partial charge is 0.420 e. The van der Waals surface area contributed by atoms with E-state index >= 15 is 0 Å². The minimum Gasteiger partial charge on any atom is -0.281 e. The van der Waals surface area contributed by atoms with Gasteiger partial charge in [0.2, 0.25) is 0 Å². The van der Waals surface area contributed by atoms with Crippen molar-refractivity contribution in [2.45, 2.75) is 30.0 Å². The molecule has 0 atom stereocenters. The Hall–Kier alpha value is -0.650. The second-order valence-electron chi connectivity index (χ2n) is 3.29. The molecule has 0 saturated heterocycles. The molecule has 0 aromatic carbocycles. The zero-order valence-corrected chi connectivity index (χ0v) is 8.30. The number of halogens is 3. The molecule has 1 saturated carbocycles. The van der Waals surface area contributed by atoms with E-state index < -0.39 is 11.7 Å². The summed E-state index contributed by atoms with van der Waals surface area (Å²) in [4.78, 5) is 0. The molecule has 0 unspecified atom stereocenters. The SMILES string of the molecule is CSc1n[nH]c(C2CC2)c1C(F)(F)F. The van der Waals surface area contributed by atoms with Gasteiger partial charge in [0, 0.05) is 5.92 Å². The Morgan fingerprint density at radius 2 is 2.07 bits per heavy atom. The van der Waals surface area contributed by atoms with Gasteiger partial charge in [-0.2, -0.15) is 18.3 Å². The van der Waals surface area contributed by atoms with Crippen LogP contribution in [0, 0.1) is 0 Å². The van der Waals surface area contributed by atoms with E-state index in [1.54, 1.807) is 6.26 Å². The molecular weight excluding hydrogens is 213 g/mol. The van der Waals surface area contributed by atoms with Crippen LogP contribution in [0.25, 0.3) is 0 Å². The predicted molar refractivity (Wildman–Crippen MR) is 47.3 cm³/mol. The molecule has 0 amide bonds. The molecular formula is C8H9F3N2S. The number of hydrogen-bond acceptors (Lipinski definition) is 2. The van der Waals surface area contributed by atoms with Crippen LogP contribution in [0.3, 0.4) is 0 Å². The van der Waals surface area contributed by atoms with Gasteiger partial charge in [0.1, 0.15) is 10.6 Å². The lowest BCUT2D eigenvalue weighted by Gasteiger charge is -2.07. The highest BCUT2D eigenvalue weighted by Crippen LogP contribution is 2.47. The molecule has 1 heterocycles. The van der Waals surface area contributed by atoms with Gasteiger partial charge in [-0.05, 0) is 19.1 Å². The Morgan fingerprint density at radius 3 is 2.50 bits per heavy atom. The van der Waals surface area contributed by atoms with E-state index in [9.17, 15) is 13.2 Å². The van der Waals surface area contributed by atoms with Crippen molar-refractivity contribution in [3.63, 3.8) is 0 Å². The van der Waals surface area contributed by atoms with Crippen LogP contribution < -0.4 is 0 Å². The Kier molecular flexibility index (Phi) is 2.25. The van der Waals surface area contributed by atoms with Gasteiger partial charge >= 0.3 is 6.18 Å². The smallest absolute Gasteiger partial charge is 0.281 e. The quantitative estimate of drug-likeness (QED) is 0.779. The van der Waals surface area contributed by atoms with Gasteiger partial charge < -0.3 is 0 Å². The van der Waals surface area contributed by atoms with Crippen LogP contribution in [0.5, 0.6) is 0 Å². The molecule has 0 radical (unpaired) electrons. The molecule has 6 heteroatoms. The number of nitrogens with one attached hydrogen (secondary N) is 1. The van der Waals surface area contributed by atoms with Gasteiger partial charge in [-0.3, -0.25) is 5.10 Å². The molecule has 1 aromatic heterocycles. The van der Waals surface area contributed by atoms with Crippen LogP contribution in [0.2, 0.25) is 0 Å². The van der Waals surface area contributed by atoms with Crippen molar-refractivity contribution in [2.24, 2.45) is 0 Å². The third kappa shape index (κ3) is 1.63. The lowest BCUT2D eigenvalue weighted by atomic mass is 10.2. The van der Waals surface area contributed by atoms with Crippen LogP contribution in [0.15, 0.2) is 5.03 Å². The monoisotopic (exact) mass is 222 g/mol. The summed E-state index contributed by atoms with van der Waals surface area (Å²) in [5.74, 6) is 0.0417. The lowest BCUT2D eigenvalue weighted by Crippen LogP contribution is -2.08.